The first kappa shape index (κ1) is 18.3. The van der Waals surface area contributed by atoms with Crippen LogP contribution < -0.4 is 10.6 Å². The summed E-state index contributed by atoms with van der Waals surface area (Å²) >= 11 is 2.04. The summed E-state index contributed by atoms with van der Waals surface area (Å²) in [4.78, 5) is 39.1. The van der Waals surface area contributed by atoms with Crippen LogP contribution in [-0.2, 0) is 14.3 Å². The topological polar surface area (TPSA) is 96.9 Å². The van der Waals surface area contributed by atoms with Gasteiger partial charge in [0.05, 0.1) is 12.8 Å². The molecule has 2 amide bonds. The van der Waals surface area contributed by atoms with Crippen molar-refractivity contribution in [2.24, 2.45) is 4.99 Å². The minimum Gasteiger partial charge on any atom is -0.465 e. The molecule has 130 valence electrons. The van der Waals surface area contributed by atoms with E-state index in [-0.39, 0.29) is 16.5 Å². The number of hydrogen-bond acceptors (Lipinski definition) is 7. The zero-order chi connectivity index (χ0) is 17.7. The fraction of sp³-hybridized carbons (Fsp3) is 0.385. The first-order valence-electron chi connectivity index (χ1n) is 6.66. The van der Waals surface area contributed by atoms with Crippen LogP contribution in [0, 0.1) is 0 Å². The predicted octanol–water partition coefficient (Wildman–Crippen LogP) is 1.72. The van der Waals surface area contributed by atoms with Crippen molar-refractivity contribution in [3.63, 3.8) is 0 Å². The Bertz CT molecular complexity index is 678. The lowest BCUT2D eigenvalue weighted by molar-refractivity contribution is -0.122. The van der Waals surface area contributed by atoms with Crippen LogP contribution in [0.2, 0.25) is 0 Å². The molecule has 1 atom stereocenters. The lowest BCUT2D eigenvalue weighted by atomic mass is 10.2. The molecule has 2 rings (SSSR count). The molecule has 0 bridgehead atoms. The molecule has 11 heteroatoms. The van der Waals surface area contributed by atoms with Crippen LogP contribution in [0.3, 0.4) is 0 Å². The third-order valence-corrected chi connectivity index (χ3v) is 4.84. The van der Waals surface area contributed by atoms with Gasteiger partial charge in [-0.2, -0.15) is 0 Å². The highest BCUT2D eigenvalue weighted by atomic mass is 32.2. The number of rotatable bonds is 6. The molecule has 1 aliphatic heterocycles. The highest BCUT2D eigenvalue weighted by Crippen LogP contribution is 2.26. The molecule has 0 aromatic carbocycles. The van der Waals surface area contributed by atoms with Gasteiger partial charge in [0, 0.05) is 6.42 Å². The SMILES string of the molecule is COC(=O)c1sccc1NC(=O)CC1SC(=NCC(F)F)NC1=O. The molecule has 2 heterocycles. The summed E-state index contributed by atoms with van der Waals surface area (Å²) in [6.07, 6.45) is -2.78. The van der Waals surface area contributed by atoms with E-state index < -0.39 is 36.0 Å². The Morgan fingerprint density at radius 2 is 2.25 bits per heavy atom. The van der Waals surface area contributed by atoms with Gasteiger partial charge in [-0.3, -0.25) is 14.6 Å². The van der Waals surface area contributed by atoms with Gasteiger partial charge in [0.15, 0.2) is 5.17 Å². The average molecular weight is 377 g/mol. The Balaban J connectivity index is 1.93. The second-order valence-electron chi connectivity index (χ2n) is 4.54. The molecule has 1 unspecified atom stereocenters. The highest BCUT2D eigenvalue weighted by Gasteiger charge is 2.32. The van der Waals surface area contributed by atoms with E-state index in [0.29, 0.717) is 5.69 Å². The number of carbonyl (C=O) groups is 3. The van der Waals surface area contributed by atoms with Gasteiger partial charge in [0.25, 0.3) is 6.43 Å². The number of thioether (sulfide) groups is 1. The van der Waals surface area contributed by atoms with E-state index >= 15 is 0 Å². The van der Waals surface area contributed by atoms with Crippen molar-refractivity contribution in [3.8, 4) is 0 Å². The quantitative estimate of drug-likeness (QED) is 0.736. The van der Waals surface area contributed by atoms with Crippen LogP contribution in [0.5, 0.6) is 0 Å². The minimum absolute atomic E-state index is 0.0730. The first-order valence-corrected chi connectivity index (χ1v) is 8.42. The lowest BCUT2D eigenvalue weighted by Gasteiger charge is -2.07. The first-order chi connectivity index (χ1) is 11.4. The second-order valence-corrected chi connectivity index (χ2v) is 6.65. The molecule has 2 N–H and O–H groups in total. The van der Waals surface area contributed by atoms with Crippen molar-refractivity contribution in [1.29, 1.82) is 0 Å². The van der Waals surface area contributed by atoms with E-state index in [1.807, 2.05) is 0 Å². The number of anilines is 1. The number of carbonyl (C=O) groups excluding carboxylic acids is 3. The number of hydrogen-bond donors (Lipinski definition) is 2. The Morgan fingerprint density at radius 3 is 2.92 bits per heavy atom. The Kier molecular flexibility index (Phi) is 6.26. The highest BCUT2D eigenvalue weighted by molar-refractivity contribution is 8.15. The van der Waals surface area contributed by atoms with Gasteiger partial charge in [0.1, 0.15) is 16.7 Å². The molecule has 1 saturated heterocycles. The van der Waals surface area contributed by atoms with E-state index in [1.54, 1.807) is 11.4 Å². The molecule has 0 spiro atoms. The standard InChI is InChI=1S/C13H13F2N3O4S2/c1-22-12(21)10-6(2-3-23-10)17-9(19)4-7-11(20)18-13(24-7)16-5-8(14)15/h2-3,7-8H,4-5H2,1H3,(H,17,19)(H,16,18,20). The Labute approximate surface area is 143 Å². The lowest BCUT2D eigenvalue weighted by Crippen LogP contribution is -2.28. The van der Waals surface area contributed by atoms with Gasteiger partial charge < -0.3 is 15.4 Å². The summed E-state index contributed by atoms with van der Waals surface area (Å²) in [7, 11) is 1.23. The van der Waals surface area contributed by atoms with E-state index in [4.69, 9.17) is 0 Å². The van der Waals surface area contributed by atoms with Crippen LogP contribution >= 0.6 is 23.1 Å². The summed E-state index contributed by atoms with van der Waals surface area (Å²) < 4.78 is 28.8. The van der Waals surface area contributed by atoms with Crippen molar-refractivity contribution in [1.82, 2.24) is 5.32 Å². The zero-order valence-corrected chi connectivity index (χ0v) is 14.0. The van der Waals surface area contributed by atoms with Crippen LogP contribution in [0.1, 0.15) is 16.1 Å². The normalized spacial score (nSPS) is 18.8. The van der Waals surface area contributed by atoms with E-state index in [0.717, 1.165) is 23.1 Å². The number of nitrogens with zero attached hydrogens (tertiary/aromatic N) is 1. The molecule has 7 nitrogen and oxygen atoms in total. The number of thiophene rings is 1. The van der Waals surface area contributed by atoms with Crippen LogP contribution in [0.25, 0.3) is 0 Å². The summed E-state index contributed by atoms with van der Waals surface area (Å²) in [5.74, 6) is -1.53. The van der Waals surface area contributed by atoms with Crippen molar-refractivity contribution in [2.75, 3.05) is 19.0 Å². The molecule has 1 fully saturated rings. The molecular weight excluding hydrogens is 364 g/mol. The molecule has 0 aliphatic carbocycles. The largest absolute Gasteiger partial charge is 0.465 e. The average Bonchev–Trinajstić information content (AvgIpc) is 3.11. The molecule has 24 heavy (non-hydrogen) atoms. The smallest absolute Gasteiger partial charge is 0.350 e. The fourth-order valence-electron chi connectivity index (χ4n) is 1.79. The number of esters is 1. The molecule has 1 aromatic heterocycles. The van der Waals surface area contributed by atoms with Crippen LogP contribution in [0.4, 0.5) is 14.5 Å². The van der Waals surface area contributed by atoms with Gasteiger partial charge in [-0.05, 0) is 11.4 Å². The van der Waals surface area contributed by atoms with Crippen molar-refractivity contribution in [3.05, 3.63) is 16.3 Å². The summed E-state index contributed by atoms with van der Waals surface area (Å²) in [6, 6.07) is 1.55. The third kappa shape index (κ3) is 4.74. The predicted molar refractivity (Wildman–Crippen MR) is 86.7 cm³/mol. The van der Waals surface area contributed by atoms with Gasteiger partial charge in [-0.25, -0.2) is 13.6 Å². The maximum absolute atomic E-state index is 12.1. The summed E-state index contributed by atoms with van der Waals surface area (Å²) in [6.45, 7) is -0.709. The monoisotopic (exact) mass is 377 g/mol. The van der Waals surface area contributed by atoms with Gasteiger partial charge in [-0.1, -0.05) is 11.8 Å². The Morgan fingerprint density at radius 1 is 1.50 bits per heavy atom. The van der Waals surface area contributed by atoms with Crippen LogP contribution in [0.15, 0.2) is 16.4 Å². The number of methoxy groups -OCH3 is 1. The molecule has 1 aliphatic rings. The molecular formula is C13H13F2N3O4S2. The number of halogens is 2. The number of amidine groups is 1. The van der Waals surface area contributed by atoms with Gasteiger partial charge in [-0.15, -0.1) is 11.3 Å². The number of ether oxygens (including phenoxy) is 1. The molecule has 0 radical (unpaired) electrons. The van der Waals surface area contributed by atoms with E-state index in [1.165, 1.54) is 7.11 Å². The third-order valence-electron chi connectivity index (χ3n) is 2.83. The van der Waals surface area contributed by atoms with E-state index in [2.05, 4.69) is 20.4 Å². The number of alkyl halides is 2. The maximum atomic E-state index is 12.1. The molecule has 1 aromatic rings. The van der Waals surface area contributed by atoms with Gasteiger partial charge >= 0.3 is 5.97 Å². The fourth-order valence-corrected chi connectivity index (χ4v) is 3.54. The van der Waals surface area contributed by atoms with Crippen LogP contribution in [-0.4, -0.2) is 48.3 Å². The van der Waals surface area contributed by atoms with Crippen molar-refractivity contribution < 1.29 is 27.9 Å². The van der Waals surface area contributed by atoms with Crippen molar-refractivity contribution >= 4 is 51.7 Å². The van der Waals surface area contributed by atoms with Gasteiger partial charge in [0.2, 0.25) is 11.8 Å². The minimum atomic E-state index is -2.60. The van der Waals surface area contributed by atoms with E-state index in [9.17, 15) is 23.2 Å². The number of amides is 2. The maximum Gasteiger partial charge on any atom is 0.350 e. The van der Waals surface area contributed by atoms with Crippen molar-refractivity contribution in [2.45, 2.75) is 18.1 Å². The summed E-state index contributed by atoms with van der Waals surface area (Å²) in [5, 5.41) is 5.82. The zero-order valence-electron chi connectivity index (χ0n) is 12.4. The Hall–Kier alpha value is -2.01. The number of nitrogens with one attached hydrogen (secondary N) is 2. The molecule has 0 saturated carbocycles. The second kappa shape index (κ2) is 8.20. The number of aliphatic imine (C=N–C) groups is 1. The summed E-state index contributed by atoms with van der Waals surface area (Å²) in [5.41, 5.74) is 0.298.